The van der Waals surface area contributed by atoms with Gasteiger partial charge in [0.2, 0.25) is 5.91 Å². The highest BCUT2D eigenvalue weighted by Crippen LogP contribution is 2.07. The molecule has 1 N–H and O–H groups in total. The van der Waals surface area contributed by atoms with E-state index in [1.54, 1.807) is 0 Å². The number of aryl methyl sites for hydroxylation is 2. The topological polar surface area (TPSA) is 29.1 Å². The molecule has 0 saturated carbocycles. The Balaban J connectivity index is 2.33. The van der Waals surface area contributed by atoms with Crippen molar-refractivity contribution in [3.8, 4) is 0 Å². The number of hydrogen-bond acceptors (Lipinski definition) is 1. The van der Waals surface area contributed by atoms with Gasteiger partial charge in [-0.2, -0.15) is 0 Å². The number of rotatable bonds is 6. The minimum absolute atomic E-state index is 0.154. The number of amides is 1. The maximum absolute atomic E-state index is 11.4. The Morgan fingerprint density at radius 2 is 1.75 bits per heavy atom. The zero-order valence-corrected chi connectivity index (χ0v) is 10.3. The fraction of sp³-hybridized carbons (Fsp3) is 0.500. The predicted octanol–water partition coefficient (Wildman–Crippen LogP) is 2.71. The molecule has 0 atom stereocenters. The summed E-state index contributed by atoms with van der Waals surface area (Å²) in [6.45, 7) is 4.99. The smallest absolute Gasteiger partial charge is 0.220 e. The zero-order valence-electron chi connectivity index (χ0n) is 10.3. The molecule has 16 heavy (non-hydrogen) atoms. The van der Waals surface area contributed by atoms with Gasteiger partial charge in [-0.15, -0.1) is 0 Å². The molecule has 0 saturated heterocycles. The molecule has 1 amide bonds. The van der Waals surface area contributed by atoms with Gasteiger partial charge < -0.3 is 5.32 Å². The molecule has 0 aliphatic heterocycles. The molecule has 1 aromatic carbocycles. The van der Waals surface area contributed by atoms with Crippen LogP contribution in [0.3, 0.4) is 0 Å². The molecule has 0 radical (unpaired) electrons. The van der Waals surface area contributed by atoms with E-state index < -0.39 is 0 Å². The van der Waals surface area contributed by atoms with Crippen LogP contribution in [-0.4, -0.2) is 12.5 Å². The number of hydrogen-bond donors (Lipinski definition) is 1. The summed E-state index contributed by atoms with van der Waals surface area (Å²) in [6.07, 6.45) is 3.49. The molecule has 0 spiro atoms. The third-order valence-electron chi connectivity index (χ3n) is 2.64. The van der Waals surface area contributed by atoms with Crippen LogP contribution in [0.4, 0.5) is 0 Å². The summed E-state index contributed by atoms with van der Waals surface area (Å²) in [5.74, 6) is 0.154. The van der Waals surface area contributed by atoms with Gasteiger partial charge in [0.1, 0.15) is 0 Å². The maximum Gasteiger partial charge on any atom is 0.220 e. The lowest BCUT2D eigenvalue weighted by Gasteiger charge is -2.04. The monoisotopic (exact) mass is 219 g/mol. The standard InChI is InChI=1S/C14H21NO/c1-3-11-15-14(16)10-9-13-7-5-12(4-2)6-8-13/h5-8H,3-4,9-11H2,1-2H3,(H,15,16). The van der Waals surface area contributed by atoms with E-state index in [0.717, 1.165) is 25.8 Å². The van der Waals surface area contributed by atoms with Gasteiger partial charge in [-0.1, -0.05) is 38.1 Å². The molecule has 0 aliphatic rings. The number of benzene rings is 1. The summed E-state index contributed by atoms with van der Waals surface area (Å²) in [5, 5.41) is 2.89. The molecule has 0 bridgehead atoms. The Hall–Kier alpha value is -1.31. The van der Waals surface area contributed by atoms with Crippen LogP contribution in [0.25, 0.3) is 0 Å². The number of carbonyl (C=O) groups is 1. The summed E-state index contributed by atoms with van der Waals surface area (Å²) in [4.78, 5) is 11.4. The normalized spacial score (nSPS) is 10.1. The van der Waals surface area contributed by atoms with E-state index in [1.165, 1.54) is 11.1 Å². The van der Waals surface area contributed by atoms with Crippen LogP contribution in [0.1, 0.15) is 37.8 Å². The van der Waals surface area contributed by atoms with Crippen molar-refractivity contribution < 1.29 is 4.79 Å². The van der Waals surface area contributed by atoms with Crippen LogP contribution >= 0.6 is 0 Å². The lowest BCUT2D eigenvalue weighted by molar-refractivity contribution is -0.121. The fourth-order valence-corrected chi connectivity index (χ4v) is 1.55. The molecule has 0 heterocycles. The first-order chi connectivity index (χ1) is 7.76. The van der Waals surface area contributed by atoms with Crippen molar-refractivity contribution in [1.82, 2.24) is 5.32 Å². The highest BCUT2D eigenvalue weighted by atomic mass is 16.1. The average molecular weight is 219 g/mol. The van der Waals surface area contributed by atoms with Gasteiger partial charge in [0.25, 0.3) is 0 Å². The Morgan fingerprint density at radius 1 is 1.12 bits per heavy atom. The van der Waals surface area contributed by atoms with Crippen LogP contribution in [0.15, 0.2) is 24.3 Å². The van der Waals surface area contributed by atoms with Gasteiger partial charge in [0.05, 0.1) is 0 Å². The molecular weight excluding hydrogens is 198 g/mol. The van der Waals surface area contributed by atoms with Crippen molar-refractivity contribution in [1.29, 1.82) is 0 Å². The summed E-state index contributed by atoms with van der Waals surface area (Å²) >= 11 is 0. The second kappa shape index (κ2) is 7.04. The van der Waals surface area contributed by atoms with Crippen molar-refractivity contribution >= 4 is 5.91 Å². The molecule has 0 aliphatic carbocycles. The lowest BCUT2D eigenvalue weighted by atomic mass is 10.1. The van der Waals surface area contributed by atoms with E-state index in [2.05, 4.69) is 43.4 Å². The second-order valence-electron chi connectivity index (χ2n) is 4.02. The van der Waals surface area contributed by atoms with Gasteiger partial charge in [0.15, 0.2) is 0 Å². The van der Waals surface area contributed by atoms with Crippen molar-refractivity contribution in [2.24, 2.45) is 0 Å². The van der Waals surface area contributed by atoms with Gasteiger partial charge in [-0.3, -0.25) is 4.79 Å². The van der Waals surface area contributed by atoms with Gasteiger partial charge in [-0.25, -0.2) is 0 Å². The van der Waals surface area contributed by atoms with E-state index in [-0.39, 0.29) is 5.91 Å². The molecule has 0 aromatic heterocycles. The molecule has 0 unspecified atom stereocenters. The molecule has 1 aromatic rings. The van der Waals surface area contributed by atoms with Crippen molar-refractivity contribution in [3.05, 3.63) is 35.4 Å². The Kier molecular flexibility index (Phi) is 5.62. The van der Waals surface area contributed by atoms with E-state index in [0.29, 0.717) is 6.42 Å². The molecule has 1 rings (SSSR count). The fourth-order valence-electron chi connectivity index (χ4n) is 1.55. The molecular formula is C14H21NO. The summed E-state index contributed by atoms with van der Waals surface area (Å²) < 4.78 is 0. The quantitative estimate of drug-likeness (QED) is 0.783. The summed E-state index contributed by atoms with van der Waals surface area (Å²) in [6, 6.07) is 8.51. The first-order valence-electron chi connectivity index (χ1n) is 6.10. The van der Waals surface area contributed by atoms with E-state index in [9.17, 15) is 4.79 Å². The van der Waals surface area contributed by atoms with Crippen LogP contribution in [0.2, 0.25) is 0 Å². The van der Waals surface area contributed by atoms with Crippen LogP contribution in [0, 0.1) is 0 Å². The first-order valence-corrected chi connectivity index (χ1v) is 6.10. The third-order valence-corrected chi connectivity index (χ3v) is 2.64. The summed E-state index contributed by atoms with van der Waals surface area (Å²) in [5.41, 5.74) is 2.59. The highest BCUT2D eigenvalue weighted by Gasteiger charge is 2.00. The second-order valence-corrected chi connectivity index (χ2v) is 4.02. The predicted molar refractivity (Wildman–Crippen MR) is 67.4 cm³/mol. The lowest BCUT2D eigenvalue weighted by Crippen LogP contribution is -2.24. The highest BCUT2D eigenvalue weighted by molar-refractivity contribution is 5.76. The largest absolute Gasteiger partial charge is 0.356 e. The molecule has 88 valence electrons. The van der Waals surface area contributed by atoms with Crippen LogP contribution < -0.4 is 5.32 Å². The molecule has 2 nitrogen and oxygen atoms in total. The Labute approximate surface area is 98.1 Å². The van der Waals surface area contributed by atoms with Gasteiger partial charge in [0, 0.05) is 13.0 Å². The SMILES string of the molecule is CCCNC(=O)CCc1ccc(CC)cc1. The zero-order chi connectivity index (χ0) is 11.8. The van der Waals surface area contributed by atoms with Gasteiger partial charge >= 0.3 is 0 Å². The minimum atomic E-state index is 0.154. The van der Waals surface area contributed by atoms with Crippen LogP contribution in [0.5, 0.6) is 0 Å². The van der Waals surface area contributed by atoms with E-state index >= 15 is 0 Å². The summed E-state index contributed by atoms with van der Waals surface area (Å²) in [7, 11) is 0. The van der Waals surface area contributed by atoms with Crippen molar-refractivity contribution in [2.75, 3.05) is 6.54 Å². The first kappa shape index (κ1) is 12.8. The Bertz CT molecular complexity index is 316. The van der Waals surface area contributed by atoms with Gasteiger partial charge in [-0.05, 0) is 30.4 Å². The van der Waals surface area contributed by atoms with E-state index in [4.69, 9.17) is 0 Å². The minimum Gasteiger partial charge on any atom is -0.356 e. The third kappa shape index (κ3) is 4.47. The number of carbonyl (C=O) groups excluding carboxylic acids is 1. The molecule has 2 heteroatoms. The van der Waals surface area contributed by atoms with Crippen LogP contribution in [-0.2, 0) is 17.6 Å². The van der Waals surface area contributed by atoms with E-state index in [1.807, 2.05) is 0 Å². The maximum atomic E-state index is 11.4. The molecule has 0 fully saturated rings. The number of nitrogens with one attached hydrogen (secondary N) is 1. The van der Waals surface area contributed by atoms with Crippen molar-refractivity contribution in [3.63, 3.8) is 0 Å². The average Bonchev–Trinajstić information content (AvgIpc) is 2.34. The Morgan fingerprint density at radius 3 is 2.31 bits per heavy atom. The van der Waals surface area contributed by atoms with Crippen molar-refractivity contribution in [2.45, 2.75) is 39.5 Å².